The Morgan fingerprint density at radius 3 is 2.67 bits per heavy atom. The van der Waals surface area contributed by atoms with Crippen molar-refractivity contribution in [2.24, 2.45) is 5.92 Å². The first-order valence-corrected chi connectivity index (χ1v) is 6.73. The molecule has 1 fully saturated rings. The zero-order valence-corrected chi connectivity index (χ0v) is 9.83. The summed E-state index contributed by atoms with van der Waals surface area (Å²) in [6.45, 7) is 2.37. The lowest BCUT2D eigenvalue weighted by molar-refractivity contribution is 0.420. The molecule has 0 N–H and O–H groups in total. The maximum Gasteiger partial charge on any atom is 0.00468 e. The van der Waals surface area contributed by atoms with Gasteiger partial charge in [-0.25, -0.2) is 0 Å². The van der Waals surface area contributed by atoms with Crippen molar-refractivity contribution in [1.82, 2.24) is 0 Å². The van der Waals surface area contributed by atoms with Crippen LogP contribution in [0.25, 0.3) is 0 Å². The number of thiol groups is 1. The zero-order valence-electron chi connectivity index (χ0n) is 8.12. The van der Waals surface area contributed by atoms with E-state index >= 15 is 0 Å². The molecule has 0 amide bonds. The van der Waals surface area contributed by atoms with E-state index in [4.69, 9.17) is 0 Å². The second kappa shape index (κ2) is 5.43. The Kier molecular flexibility index (Phi) is 4.88. The Balaban J connectivity index is 2.37. The van der Waals surface area contributed by atoms with Gasteiger partial charge in [-0.15, -0.1) is 0 Å². The standard InChI is InChI=1S/C10H20S2/c1-8-6-9(11)4-3-5-10(7-8)12-2/h8-11H,3-7H2,1-2H3. The Morgan fingerprint density at radius 1 is 1.25 bits per heavy atom. The topological polar surface area (TPSA) is 0 Å². The maximum absolute atomic E-state index is 4.59. The molecule has 72 valence electrons. The van der Waals surface area contributed by atoms with Gasteiger partial charge < -0.3 is 0 Å². The molecule has 1 aliphatic rings. The Hall–Kier alpha value is 0.700. The zero-order chi connectivity index (χ0) is 8.97. The van der Waals surface area contributed by atoms with Gasteiger partial charge in [0.25, 0.3) is 0 Å². The van der Waals surface area contributed by atoms with E-state index in [0.717, 1.165) is 11.2 Å². The van der Waals surface area contributed by atoms with E-state index in [-0.39, 0.29) is 0 Å². The molecular weight excluding hydrogens is 184 g/mol. The van der Waals surface area contributed by atoms with Crippen LogP contribution in [-0.2, 0) is 0 Å². The van der Waals surface area contributed by atoms with Crippen LogP contribution in [0.5, 0.6) is 0 Å². The third-order valence-electron chi connectivity index (χ3n) is 2.74. The van der Waals surface area contributed by atoms with Crippen molar-refractivity contribution in [3.8, 4) is 0 Å². The van der Waals surface area contributed by atoms with Gasteiger partial charge in [0, 0.05) is 10.5 Å². The Bertz CT molecular complexity index is 125. The van der Waals surface area contributed by atoms with E-state index in [1.165, 1.54) is 32.1 Å². The summed E-state index contributed by atoms with van der Waals surface area (Å²) in [6.07, 6.45) is 9.08. The Morgan fingerprint density at radius 2 is 2.00 bits per heavy atom. The second-order valence-electron chi connectivity index (χ2n) is 4.02. The quantitative estimate of drug-likeness (QED) is 0.637. The summed E-state index contributed by atoms with van der Waals surface area (Å²) in [5.41, 5.74) is 0. The van der Waals surface area contributed by atoms with E-state index in [1.54, 1.807) is 0 Å². The summed E-state index contributed by atoms with van der Waals surface area (Å²) in [6, 6.07) is 0. The van der Waals surface area contributed by atoms with Crippen LogP contribution in [0.2, 0.25) is 0 Å². The van der Waals surface area contributed by atoms with E-state index in [9.17, 15) is 0 Å². The molecule has 1 rings (SSSR count). The molecule has 0 saturated heterocycles. The minimum atomic E-state index is 0.669. The minimum absolute atomic E-state index is 0.669. The fourth-order valence-electron chi connectivity index (χ4n) is 2.04. The van der Waals surface area contributed by atoms with Gasteiger partial charge in [-0.3, -0.25) is 0 Å². The second-order valence-corrected chi connectivity index (χ2v) is 5.89. The van der Waals surface area contributed by atoms with E-state index in [1.807, 2.05) is 11.8 Å². The average Bonchev–Trinajstić information content (AvgIpc) is 1.99. The van der Waals surface area contributed by atoms with E-state index in [0.29, 0.717) is 5.25 Å². The summed E-state index contributed by atoms with van der Waals surface area (Å²) in [7, 11) is 0. The molecule has 0 aliphatic heterocycles. The molecule has 0 aromatic rings. The molecule has 0 aromatic carbocycles. The van der Waals surface area contributed by atoms with Crippen LogP contribution < -0.4 is 0 Å². The van der Waals surface area contributed by atoms with Crippen molar-refractivity contribution in [2.45, 2.75) is 49.5 Å². The van der Waals surface area contributed by atoms with Gasteiger partial charge in [0.1, 0.15) is 0 Å². The summed E-state index contributed by atoms with van der Waals surface area (Å²) in [5.74, 6) is 0.880. The highest BCUT2D eigenvalue weighted by Gasteiger charge is 2.18. The van der Waals surface area contributed by atoms with Crippen LogP contribution in [0.3, 0.4) is 0 Å². The fourth-order valence-corrected chi connectivity index (χ4v) is 3.51. The van der Waals surface area contributed by atoms with Gasteiger partial charge in [0.15, 0.2) is 0 Å². The summed E-state index contributed by atoms with van der Waals surface area (Å²) < 4.78 is 0. The lowest BCUT2D eigenvalue weighted by Crippen LogP contribution is -2.16. The van der Waals surface area contributed by atoms with Gasteiger partial charge in [-0.2, -0.15) is 24.4 Å². The van der Waals surface area contributed by atoms with Crippen LogP contribution in [0.15, 0.2) is 0 Å². The maximum atomic E-state index is 4.59. The molecule has 0 bridgehead atoms. The summed E-state index contributed by atoms with van der Waals surface area (Å²) in [4.78, 5) is 0. The van der Waals surface area contributed by atoms with Gasteiger partial charge in [0.2, 0.25) is 0 Å². The number of hydrogen-bond acceptors (Lipinski definition) is 2. The molecule has 0 nitrogen and oxygen atoms in total. The molecule has 1 aliphatic carbocycles. The lowest BCUT2D eigenvalue weighted by Gasteiger charge is -2.25. The monoisotopic (exact) mass is 204 g/mol. The lowest BCUT2D eigenvalue weighted by atomic mass is 9.92. The van der Waals surface area contributed by atoms with Crippen LogP contribution in [0, 0.1) is 5.92 Å². The molecule has 1 saturated carbocycles. The molecule has 3 atom stereocenters. The van der Waals surface area contributed by atoms with Crippen molar-refractivity contribution >= 4 is 24.4 Å². The molecular formula is C10H20S2. The molecule has 3 unspecified atom stereocenters. The minimum Gasteiger partial charge on any atom is -0.176 e. The molecule has 2 heteroatoms. The molecule has 12 heavy (non-hydrogen) atoms. The first-order chi connectivity index (χ1) is 5.72. The van der Waals surface area contributed by atoms with Gasteiger partial charge >= 0.3 is 0 Å². The van der Waals surface area contributed by atoms with Crippen molar-refractivity contribution in [2.75, 3.05) is 6.26 Å². The van der Waals surface area contributed by atoms with E-state index < -0.39 is 0 Å². The highest BCUT2D eigenvalue weighted by atomic mass is 32.2. The third-order valence-corrected chi connectivity index (χ3v) is 4.30. The predicted molar refractivity (Wildman–Crippen MR) is 62.3 cm³/mol. The van der Waals surface area contributed by atoms with Crippen molar-refractivity contribution in [3.05, 3.63) is 0 Å². The van der Waals surface area contributed by atoms with E-state index in [2.05, 4.69) is 25.8 Å². The van der Waals surface area contributed by atoms with Crippen molar-refractivity contribution < 1.29 is 0 Å². The number of hydrogen-bond donors (Lipinski definition) is 1. The third kappa shape index (κ3) is 3.61. The largest absolute Gasteiger partial charge is 0.176 e. The molecule has 0 radical (unpaired) electrons. The van der Waals surface area contributed by atoms with Crippen molar-refractivity contribution in [3.63, 3.8) is 0 Å². The summed E-state index contributed by atoms with van der Waals surface area (Å²) in [5, 5.41) is 1.59. The smallest absolute Gasteiger partial charge is 0.00468 e. The van der Waals surface area contributed by atoms with Crippen LogP contribution in [-0.4, -0.2) is 16.8 Å². The summed E-state index contributed by atoms with van der Waals surface area (Å²) >= 11 is 6.64. The first kappa shape index (κ1) is 10.8. The molecule has 0 spiro atoms. The number of rotatable bonds is 1. The van der Waals surface area contributed by atoms with Crippen LogP contribution in [0.4, 0.5) is 0 Å². The SMILES string of the molecule is CSC1CCCC(S)CC(C)C1. The van der Waals surface area contributed by atoms with Gasteiger partial charge in [-0.05, 0) is 37.9 Å². The first-order valence-electron chi connectivity index (χ1n) is 4.93. The average molecular weight is 204 g/mol. The molecule has 0 heterocycles. The fraction of sp³-hybridized carbons (Fsp3) is 1.00. The normalized spacial score (nSPS) is 38.8. The van der Waals surface area contributed by atoms with Crippen LogP contribution >= 0.6 is 24.4 Å². The number of thioether (sulfide) groups is 1. The van der Waals surface area contributed by atoms with Crippen LogP contribution in [0.1, 0.15) is 39.0 Å². The van der Waals surface area contributed by atoms with Crippen molar-refractivity contribution in [1.29, 1.82) is 0 Å². The Labute approximate surface area is 86.3 Å². The van der Waals surface area contributed by atoms with Gasteiger partial charge in [-0.1, -0.05) is 13.3 Å². The highest BCUT2D eigenvalue weighted by Crippen LogP contribution is 2.30. The van der Waals surface area contributed by atoms with Gasteiger partial charge in [0.05, 0.1) is 0 Å². The predicted octanol–water partition coefficient (Wildman–Crippen LogP) is 3.62. The highest BCUT2D eigenvalue weighted by molar-refractivity contribution is 7.99. The molecule has 0 aromatic heterocycles.